The van der Waals surface area contributed by atoms with E-state index >= 15 is 0 Å². The minimum atomic E-state index is -3.48. The summed E-state index contributed by atoms with van der Waals surface area (Å²) in [5.41, 5.74) is 0.129. The number of rotatable bonds is 7. The van der Waals surface area contributed by atoms with Crippen molar-refractivity contribution in [2.75, 3.05) is 12.8 Å². The highest BCUT2D eigenvalue weighted by Gasteiger charge is 2.28. The summed E-state index contributed by atoms with van der Waals surface area (Å²) in [6, 6.07) is -0.690. The number of carboxylic acids is 1. The van der Waals surface area contributed by atoms with Crippen LogP contribution in [0.2, 0.25) is 0 Å². The van der Waals surface area contributed by atoms with Gasteiger partial charge < -0.3 is 10.4 Å². The first kappa shape index (κ1) is 16.6. The van der Waals surface area contributed by atoms with E-state index < -0.39 is 22.0 Å². The lowest BCUT2D eigenvalue weighted by atomic mass is 9.97. The van der Waals surface area contributed by atoms with Gasteiger partial charge in [0.05, 0.1) is 6.26 Å². The molecule has 1 heterocycles. The Hall–Kier alpha value is -1.41. The van der Waals surface area contributed by atoms with E-state index in [1.807, 2.05) is 0 Å². The number of aliphatic carboxylic acids is 1. The molecule has 3 N–H and O–H groups in total. The lowest BCUT2D eigenvalue weighted by molar-refractivity contribution is -0.132. The Bertz CT molecular complexity index is 512. The molecular formula is C12H20N2O5S. The number of nitrogens with one attached hydrogen (secondary N) is 2. The third-order valence-electron chi connectivity index (χ3n) is 3.12. The topological polar surface area (TPSA) is 113 Å². The zero-order valence-electron chi connectivity index (χ0n) is 11.5. The molecule has 0 radical (unpaired) electrons. The van der Waals surface area contributed by atoms with Crippen LogP contribution < -0.4 is 10.0 Å². The van der Waals surface area contributed by atoms with E-state index in [-0.39, 0.29) is 30.2 Å². The first-order chi connectivity index (χ1) is 9.23. The highest BCUT2D eigenvalue weighted by atomic mass is 32.2. The van der Waals surface area contributed by atoms with Crippen molar-refractivity contribution in [3.05, 3.63) is 11.6 Å². The standard InChI is InChI=1S/C12H20N2O5S/c1-3-8(12(16)17)6-10(14-20(2,18)19)7-9-4-5-13-11(9)15/h6,9-10,14H,3-5,7H2,1-2H3,(H,13,15)(H,16,17)/t9-,10+/m0/s1. The second-order valence-corrected chi connectivity index (χ2v) is 6.64. The maximum Gasteiger partial charge on any atom is 0.331 e. The summed E-state index contributed by atoms with van der Waals surface area (Å²) in [5.74, 6) is -1.49. The molecule has 0 aliphatic carbocycles. The second-order valence-electron chi connectivity index (χ2n) is 4.86. The van der Waals surface area contributed by atoms with Gasteiger partial charge in [-0.2, -0.15) is 0 Å². The molecule has 0 aromatic carbocycles. The summed E-state index contributed by atoms with van der Waals surface area (Å²) >= 11 is 0. The Kier molecular flexibility index (Phi) is 5.70. The highest BCUT2D eigenvalue weighted by Crippen LogP contribution is 2.18. The van der Waals surface area contributed by atoms with Gasteiger partial charge in [0, 0.05) is 24.1 Å². The second kappa shape index (κ2) is 6.85. The predicted molar refractivity (Wildman–Crippen MR) is 73.5 cm³/mol. The van der Waals surface area contributed by atoms with Crippen LogP contribution in [0, 0.1) is 5.92 Å². The van der Waals surface area contributed by atoms with Crippen molar-refractivity contribution < 1.29 is 23.1 Å². The average molecular weight is 304 g/mol. The van der Waals surface area contributed by atoms with E-state index in [1.165, 1.54) is 6.08 Å². The normalized spacial score (nSPS) is 21.6. The van der Waals surface area contributed by atoms with Crippen LogP contribution in [0.25, 0.3) is 0 Å². The van der Waals surface area contributed by atoms with E-state index in [9.17, 15) is 18.0 Å². The zero-order valence-corrected chi connectivity index (χ0v) is 12.4. The number of carbonyl (C=O) groups excluding carboxylic acids is 1. The Morgan fingerprint density at radius 2 is 2.25 bits per heavy atom. The Morgan fingerprint density at radius 3 is 2.65 bits per heavy atom. The van der Waals surface area contributed by atoms with Gasteiger partial charge in [0.1, 0.15) is 0 Å². The molecular weight excluding hydrogens is 284 g/mol. The van der Waals surface area contributed by atoms with Crippen LogP contribution in [-0.2, 0) is 19.6 Å². The van der Waals surface area contributed by atoms with Gasteiger partial charge >= 0.3 is 5.97 Å². The molecule has 1 aliphatic rings. The summed E-state index contributed by atoms with van der Waals surface area (Å²) < 4.78 is 25.1. The van der Waals surface area contributed by atoms with Crippen molar-refractivity contribution in [1.29, 1.82) is 0 Å². The van der Waals surface area contributed by atoms with Crippen LogP contribution in [0.15, 0.2) is 11.6 Å². The zero-order chi connectivity index (χ0) is 15.3. The fraction of sp³-hybridized carbons (Fsp3) is 0.667. The molecule has 1 amide bonds. The van der Waals surface area contributed by atoms with E-state index in [1.54, 1.807) is 6.92 Å². The molecule has 0 bridgehead atoms. The van der Waals surface area contributed by atoms with Crippen molar-refractivity contribution in [1.82, 2.24) is 10.0 Å². The molecule has 0 spiro atoms. The molecule has 0 saturated carbocycles. The van der Waals surface area contributed by atoms with Crippen LogP contribution in [0.3, 0.4) is 0 Å². The molecule has 2 atom stereocenters. The number of amides is 1. The van der Waals surface area contributed by atoms with E-state index in [2.05, 4.69) is 10.0 Å². The summed E-state index contributed by atoms with van der Waals surface area (Å²) in [6.45, 7) is 2.25. The molecule has 1 saturated heterocycles. The number of sulfonamides is 1. The first-order valence-corrected chi connectivity index (χ1v) is 8.31. The van der Waals surface area contributed by atoms with Gasteiger partial charge in [-0.1, -0.05) is 13.0 Å². The molecule has 1 aliphatic heterocycles. The van der Waals surface area contributed by atoms with Crippen molar-refractivity contribution in [3.63, 3.8) is 0 Å². The average Bonchev–Trinajstić information content (AvgIpc) is 2.69. The molecule has 0 aromatic heterocycles. The molecule has 1 rings (SSSR count). The Balaban J connectivity index is 2.90. The maximum absolute atomic E-state index is 11.5. The molecule has 0 aromatic rings. The Labute approximate surface area is 118 Å². The maximum atomic E-state index is 11.5. The minimum Gasteiger partial charge on any atom is -0.478 e. The quantitative estimate of drug-likeness (QED) is 0.566. The fourth-order valence-electron chi connectivity index (χ4n) is 2.18. The fourth-order valence-corrected chi connectivity index (χ4v) is 2.90. The summed E-state index contributed by atoms with van der Waals surface area (Å²) in [4.78, 5) is 22.5. The SMILES string of the molecule is CCC(=C[C@H](C[C@@H]1CCNC1=O)NS(C)(=O)=O)C(=O)O. The van der Waals surface area contributed by atoms with Gasteiger partial charge in [0.25, 0.3) is 0 Å². The van der Waals surface area contributed by atoms with E-state index in [0.717, 1.165) is 6.26 Å². The van der Waals surface area contributed by atoms with Gasteiger partial charge in [-0.15, -0.1) is 0 Å². The molecule has 114 valence electrons. The Morgan fingerprint density at radius 1 is 1.60 bits per heavy atom. The summed E-state index contributed by atoms with van der Waals surface area (Å²) in [7, 11) is -3.48. The highest BCUT2D eigenvalue weighted by molar-refractivity contribution is 7.88. The van der Waals surface area contributed by atoms with Gasteiger partial charge in [0.15, 0.2) is 0 Å². The van der Waals surface area contributed by atoms with Crippen molar-refractivity contribution in [2.24, 2.45) is 5.92 Å². The van der Waals surface area contributed by atoms with Gasteiger partial charge in [-0.3, -0.25) is 4.79 Å². The minimum absolute atomic E-state index is 0.118. The number of hydrogen-bond donors (Lipinski definition) is 3. The van der Waals surface area contributed by atoms with Gasteiger partial charge in [-0.05, 0) is 19.3 Å². The number of carboxylic acid groups (broad SMARTS) is 1. The molecule has 1 fully saturated rings. The van der Waals surface area contributed by atoms with Crippen molar-refractivity contribution in [3.8, 4) is 0 Å². The van der Waals surface area contributed by atoms with Gasteiger partial charge in [-0.25, -0.2) is 17.9 Å². The number of carbonyl (C=O) groups is 2. The summed E-state index contributed by atoms with van der Waals surface area (Å²) in [6.07, 6.45) is 3.57. The molecule has 0 unspecified atom stereocenters. The van der Waals surface area contributed by atoms with Crippen molar-refractivity contribution >= 4 is 21.9 Å². The smallest absolute Gasteiger partial charge is 0.331 e. The third kappa shape index (κ3) is 5.30. The first-order valence-electron chi connectivity index (χ1n) is 6.42. The third-order valence-corrected chi connectivity index (χ3v) is 3.86. The lowest BCUT2D eigenvalue weighted by Gasteiger charge is -2.17. The van der Waals surface area contributed by atoms with Crippen LogP contribution in [-0.4, -0.2) is 44.2 Å². The van der Waals surface area contributed by atoms with Crippen LogP contribution >= 0.6 is 0 Å². The van der Waals surface area contributed by atoms with Crippen LogP contribution in [0.5, 0.6) is 0 Å². The largest absolute Gasteiger partial charge is 0.478 e. The molecule has 7 nitrogen and oxygen atoms in total. The monoisotopic (exact) mass is 304 g/mol. The van der Waals surface area contributed by atoms with Crippen molar-refractivity contribution in [2.45, 2.75) is 32.2 Å². The molecule has 20 heavy (non-hydrogen) atoms. The van der Waals surface area contributed by atoms with E-state index in [4.69, 9.17) is 5.11 Å². The van der Waals surface area contributed by atoms with Crippen LogP contribution in [0.4, 0.5) is 0 Å². The van der Waals surface area contributed by atoms with Crippen LogP contribution in [0.1, 0.15) is 26.2 Å². The van der Waals surface area contributed by atoms with Gasteiger partial charge in [0.2, 0.25) is 15.9 Å². The lowest BCUT2D eigenvalue weighted by Crippen LogP contribution is -2.36. The summed E-state index contributed by atoms with van der Waals surface area (Å²) in [5, 5.41) is 11.7. The predicted octanol–water partition coefficient (Wildman–Crippen LogP) is -0.149. The van der Waals surface area contributed by atoms with E-state index in [0.29, 0.717) is 13.0 Å². The molecule has 8 heteroatoms. The number of hydrogen-bond acceptors (Lipinski definition) is 4.